The molecule has 0 aliphatic carbocycles. The van der Waals surface area contributed by atoms with Crippen LogP contribution in [-0.2, 0) is 10.0 Å². The first-order chi connectivity index (χ1) is 8.45. The first kappa shape index (κ1) is 13.3. The second-order valence-electron chi connectivity index (χ2n) is 4.33. The number of nitrogens with one attached hydrogen (secondary N) is 2. The maximum Gasteiger partial charge on any atom is 0.240 e. The molecule has 2 rings (SSSR count). The van der Waals surface area contributed by atoms with Crippen molar-refractivity contribution in [1.29, 1.82) is 0 Å². The Bertz CT molecular complexity index is 526. The van der Waals surface area contributed by atoms with Crippen LogP contribution in [0.25, 0.3) is 0 Å². The van der Waals surface area contributed by atoms with Crippen LogP contribution in [0.4, 0.5) is 0 Å². The first-order valence-electron chi connectivity index (χ1n) is 5.52. The molecule has 3 N–H and O–H groups in total. The van der Waals surface area contributed by atoms with Gasteiger partial charge in [-0.05, 0) is 12.1 Å². The summed E-state index contributed by atoms with van der Waals surface area (Å²) in [5.41, 5.74) is -0.980. The number of hydrogen-bond acceptors (Lipinski definition) is 5. The Hall–Kier alpha value is -1.15. The van der Waals surface area contributed by atoms with Crippen LogP contribution in [0.1, 0.15) is 0 Å². The molecular formula is C11H16N2O4S. The van der Waals surface area contributed by atoms with Crippen LogP contribution in [0.3, 0.4) is 0 Å². The molecule has 0 spiro atoms. The zero-order chi connectivity index (χ0) is 13.2. The Kier molecular flexibility index (Phi) is 3.58. The average molecular weight is 272 g/mol. The van der Waals surface area contributed by atoms with Crippen molar-refractivity contribution in [1.82, 2.24) is 10.0 Å². The van der Waals surface area contributed by atoms with E-state index in [1.165, 1.54) is 19.2 Å². The highest BCUT2D eigenvalue weighted by atomic mass is 32.2. The van der Waals surface area contributed by atoms with Gasteiger partial charge in [-0.3, -0.25) is 0 Å². The summed E-state index contributed by atoms with van der Waals surface area (Å²) >= 11 is 0. The summed E-state index contributed by atoms with van der Waals surface area (Å²) in [5, 5.41) is 12.7. The lowest BCUT2D eigenvalue weighted by Gasteiger charge is -2.37. The van der Waals surface area contributed by atoms with Crippen molar-refractivity contribution in [2.45, 2.75) is 10.5 Å². The van der Waals surface area contributed by atoms with Crippen molar-refractivity contribution in [3.05, 3.63) is 24.3 Å². The maximum atomic E-state index is 12.0. The summed E-state index contributed by atoms with van der Waals surface area (Å²) in [4.78, 5) is 0.123. The highest BCUT2D eigenvalue weighted by Crippen LogP contribution is 2.17. The van der Waals surface area contributed by atoms with E-state index in [1.54, 1.807) is 12.1 Å². The number of methoxy groups -OCH3 is 1. The van der Waals surface area contributed by atoms with Gasteiger partial charge in [0.1, 0.15) is 11.4 Å². The van der Waals surface area contributed by atoms with Gasteiger partial charge in [0, 0.05) is 25.7 Å². The van der Waals surface area contributed by atoms with Crippen LogP contribution in [0.5, 0.6) is 5.75 Å². The third-order valence-electron chi connectivity index (χ3n) is 2.85. The fraction of sp³-hybridized carbons (Fsp3) is 0.455. The maximum absolute atomic E-state index is 12.0. The third kappa shape index (κ3) is 2.81. The average Bonchev–Trinajstić information content (AvgIpc) is 2.34. The third-order valence-corrected chi connectivity index (χ3v) is 4.25. The Morgan fingerprint density at radius 2 is 2.22 bits per heavy atom. The van der Waals surface area contributed by atoms with E-state index in [0.29, 0.717) is 18.8 Å². The Morgan fingerprint density at radius 1 is 1.50 bits per heavy atom. The summed E-state index contributed by atoms with van der Waals surface area (Å²) in [7, 11) is -2.15. The van der Waals surface area contributed by atoms with Crippen LogP contribution in [0.15, 0.2) is 29.2 Å². The van der Waals surface area contributed by atoms with Gasteiger partial charge in [0.25, 0.3) is 0 Å². The van der Waals surface area contributed by atoms with Crippen LogP contribution < -0.4 is 14.8 Å². The Morgan fingerprint density at radius 3 is 2.78 bits per heavy atom. The van der Waals surface area contributed by atoms with Crippen molar-refractivity contribution in [3.8, 4) is 5.75 Å². The largest absolute Gasteiger partial charge is 0.497 e. The molecule has 0 atom stereocenters. The lowest BCUT2D eigenvalue weighted by molar-refractivity contribution is -0.00396. The van der Waals surface area contributed by atoms with Gasteiger partial charge in [-0.2, -0.15) is 0 Å². The SMILES string of the molecule is COc1cccc(S(=O)(=O)NCC2(O)CNC2)c1. The second kappa shape index (κ2) is 4.85. The zero-order valence-corrected chi connectivity index (χ0v) is 10.8. The molecular weight excluding hydrogens is 256 g/mol. The molecule has 0 saturated carbocycles. The highest BCUT2D eigenvalue weighted by molar-refractivity contribution is 7.89. The minimum atomic E-state index is -3.62. The van der Waals surface area contributed by atoms with Crippen LogP contribution in [0.2, 0.25) is 0 Å². The number of hydrogen-bond donors (Lipinski definition) is 3. The van der Waals surface area contributed by atoms with Gasteiger partial charge in [0.15, 0.2) is 0 Å². The molecule has 0 amide bonds. The number of ether oxygens (including phenoxy) is 1. The summed E-state index contributed by atoms with van der Waals surface area (Å²) in [6.07, 6.45) is 0. The molecule has 1 saturated heterocycles. The number of benzene rings is 1. The number of rotatable bonds is 5. The van der Waals surface area contributed by atoms with Crippen molar-refractivity contribution in [3.63, 3.8) is 0 Å². The molecule has 1 aliphatic rings. The van der Waals surface area contributed by atoms with Crippen LogP contribution in [-0.4, -0.2) is 45.9 Å². The van der Waals surface area contributed by atoms with Crippen LogP contribution >= 0.6 is 0 Å². The highest BCUT2D eigenvalue weighted by Gasteiger charge is 2.35. The zero-order valence-electron chi connectivity index (χ0n) is 10.0. The van der Waals surface area contributed by atoms with E-state index in [9.17, 15) is 13.5 Å². The molecule has 6 nitrogen and oxygen atoms in total. The molecule has 1 heterocycles. The van der Waals surface area contributed by atoms with Gasteiger partial charge in [-0.15, -0.1) is 0 Å². The van der Waals surface area contributed by atoms with E-state index in [2.05, 4.69) is 10.0 Å². The Balaban J connectivity index is 2.09. The molecule has 1 aromatic rings. The van der Waals surface area contributed by atoms with Gasteiger partial charge in [-0.1, -0.05) is 6.07 Å². The van der Waals surface area contributed by atoms with Gasteiger partial charge >= 0.3 is 0 Å². The van der Waals surface area contributed by atoms with Crippen molar-refractivity contribution >= 4 is 10.0 Å². The quantitative estimate of drug-likeness (QED) is 0.660. The van der Waals surface area contributed by atoms with Crippen molar-refractivity contribution in [2.75, 3.05) is 26.7 Å². The van der Waals surface area contributed by atoms with Gasteiger partial charge in [-0.25, -0.2) is 13.1 Å². The van der Waals surface area contributed by atoms with E-state index in [-0.39, 0.29) is 11.4 Å². The van der Waals surface area contributed by atoms with Crippen molar-refractivity contribution < 1.29 is 18.3 Å². The number of sulfonamides is 1. The Labute approximate surface area is 106 Å². The molecule has 18 heavy (non-hydrogen) atoms. The molecule has 7 heteroatoms. The fourth-order valence-corrected chi connectivity index (χ4v) is 2.77. The topological polar surface area (TPSA) is 87.7 Å². The summed E-state index contributed by atoms with van der Waals surface area (Å²) in [6.45, 7) is 0.792. The molecule has 1 aliphatic heterocycles. The van der Waals surface area contributed by atoms with E-state index in [4.69, 9.17) is 4.74 Å². The number of aliphatic hydroxyl groups is 1. The van der Waals surface area contributed by atoms with E-state index in [1.807, 2.05) is 0 Å². The second-order valence-corrected chi connectivity index (χ2v) is 6.10. The minimum Gasteiger partial charge on any atom is -0.497 e. The molecule has 1 fully saturated rings. The molecule has 1 aromatic carbocycles. The first-order valence-corrected chi connectivity index (χ1v) is 7.00. The normalized spacial score (nSPS) is 18.1. The monoisotopic (exact) mass is 272 g/mol. The summed E-state index contributed by atoms with van der Waals surface area (Å²) < 4.78 is 31.3. The van der Waals surface area contributed by atoms with Gasteiger partial charge in [0.05, 0.1) is 12.0 Å². The standard InChI is InChI=1S/C11H16N2O4S/c1-17-9-3-2-4-10(5-9)18(15,16)13-8-11(14)6-12-7-11/h2-5,12-14H,6-8H2,1H3. The predicted molar refractivity (Wildman–Crippen MR) is 66.0 cm³/mol. The van der Waals surface area contributed by atoms with E-state index < -0.39 is 15.6 Å². The van der Waals surface area contributed by atoms with E-state index >= 15 is 0 Å². The van der Waals surface area contributed by atoms with Crippen molar-refractivity contribution in [2.24, 2.45) is 0 Å². The fourth-order valence-electron chi connectivity index (χ4n) is 1.62. The summed E-state index contributed by atoms with van der Waals surface area (Å²) in [5.74, 6) is 0.474. The summed E-state index contributed by atoms with van der Waals surface area (Å²) in [6, 6.07) is 6.19. The lowest BCUT2D eigenvalue weighted by atomic mass is 9.98. The molecule has 100 valence electrons. The van der Waals surface area contributed by atoms with Gasteiger partial charge in [0.2, 0.25) is 10.0 Å². The molecule has 0 aromatic heterocycles. The molecule has 0 unspecified atom stereocenters. The smallest absolute Gasteiger partial charge is 0.240 e. The molecule has 0 bridgehead atoms. The van der Waals surface area contributed by atoms with Gasteiger partial charge < -0.3 is 15.2 Å². The lowest BCUT2D eigenvalue weighted by Crippen LogP contribution is -2.64. The number of β-amino-alcohol motifs (C(OH)–C–C–N with tert-alkyl or cyclic N) is 1. The van der Waals surface area contributed by atoms with E-state index in [0.717, 1.165) is 0 Å². The predicted octanol–water partition coefficient (Wildman–Crippen LogP) is -0.692. The van der Waals surface area contributed by atoms with Crippen LogP contribution in [0, 0.1) is 0 Å². The molecule has 0 radical (unpaired) electrons. The minimum absolute atomic E-state index is 0.000453.